The topological polar surface area (TPSA) is 246 Å². The van der Waals surface area contributed by atoms with Crippen LogP contribution >= 0.6 is 0 Å². The molecule has 0 aromatic heterocycles. The maximum Gasteiger partial charge on any atom is 0.306 e. The summed E-state index contributed by atoms with van der Waals surface area (Å²) in [5, 5.41) is 0. The maximum atomic E-state index is 12.6. The lowest BCUT2D eigenvalue weighted by molar-refractivity contribution is -0.151. The number of rotatable bonds is 109. The molecule has 0 bridgehead atoms. The molecule has 21 heteroatoms. The van der Waals surface area contributed by atoms with Gasteiger partial charge in [0.2, 0.25) is 0 Å². The molecule has 0 saturated carbocycles. The molecule has 0 N–H and O–H groups in total. The number of hydrogen-bond donors (Lipinski definition) is 0. The number of esters is 9. The molecule has 0 heterocycles. The summed E-state index contributed by atoms with van der Waals surface area (Å²) in [5.41, 5.74) is 0. The van der Waals surface area contributed by atoms with Crippen LogP contribution in [0.15, 0.2) is 72.9 Å². The lowest BCUT2D eigenvalue weighted by atomic mass is 10.0. The Kier molecular flexibility index (Phi) is 119. The molecule has 0 aliphatic carbocycles. The van der Waals surface area contributed by atoms with Crippen LogP contribution in [0.3, 0.4) is 0 Å². The molecule has 21 nitrogen and oxygen atoms in total. The predicted octanol–water partition coefficient (Wildman–Crippen LogP) is 34.1. The standard InChI is InChI=1S/C45H83NO6.2C41H75NO6/c1-46(2)41-35-40-45(49)52-42(36-31-27-23-19-15-11-7-5-9-13-17-21-25-29-33-38-43(47)50-3)37-32-28-24-20-16-12-8-6-10-14-18-22-26-30-34-39-44(48)51-4;1-5-46-39(43)34-29-25-21-17-13-9-7-11-15-19-23-27-32-38(48-41(45)36-31-37-42(3)4)33-28-24-20-16-12-8-10-14-18-22-26-30-35-40(44)47-6-2;1-5-7-9-11-13-21-27-36-46-39(43)32-25-19-15-17-23-30-38(48-41(45)34-29-35-42(3)4)31-24-18-16-20-26-33-40(44)47-37-28-22-14-12-10-8-6-2/h5-6,9-10,42H,7-8,11-41H2,1-4H3;13-14,17-18,38H,5-12,15-16,19-37H2,1-4H3;21-22,27-28,38H,5-20,23-26,29-37H2,1-4H3/b9-5-,10-6-;17-13-,18-14-;27-21-,28-22-. The van der Waals surface area contributed by atoms with Gasteiger partial charge in [-0.15, -0.1) is 0 Å². The van der Waals surface area contributed by atoms with E-state index in [2.05, 4.69) is 98.8 Å². The van der Waals surface area contributed by atoms with Crippen molar-refractivity contribution >= 4 is 53.7 Å². The van der Waals surface area contributed by atoms with Crippen LogP contribution in [0.2, 0.25) is 0 Å². The summed E-state index contributed by atoms with van der Waals surface area (Å²) in [7, 11) is 15.1. The van der Waals surface area contributed by atoms with Crippen LogP contribution in [0.4, 0.5) is 0 Å². The van der Waals surface area contributed by atoms with Gasteiger partial charge < -0.3 is 57.3 Å². The van der Waals surface area contributed by atoms with Gasteiger partial charge in [0.05, 0.1) is 27.4 Å². The molecule has 148 heavy (non-hydrogen) atoms. The molecule has 0 fully saturated rings. The van der Waals surface area contributed by atoms with E-state index >= 15 is 0 Å². The van der Waals surface area contributed by atoms with Gasteiger partial charge in [-0.2, -0.15) is 0 Å². The van der Waals surface area contributed by atoms with E-state index in [1.54, 1.807) is 0 Å². The number of allylic oxidation sites excluding steroid dienone is 10. The van der Waals surface area contributed by atoms with Crippen molar-refractivity contribution in [2.24, 2.45) is 0 Å². The first-order chi connectivity index (χ1) is 72.2. The van der Waals surface area contributed by atoms with Gasteiger partial charge in [-0.25, -0.2) is 0 Å². The molecule has 0 atom stereocenters. The number of carbonyl (C=O) groups is 9. The Morgan fingerprint density at radius 2 is 0.345 bits per heavy atom. The van der Waals surface area contributed by atoms with Crippen molar-refractivity contribution in [3.8, 4) is 0 Å². The first kappa shape index (κ1) is 146. The van der Waals surface area contributed by atoms with E-state index in [1.807, 2.05) is 68.3 Å². The smallest absolute Gasteiger partial charge is 0.306 e. The maximum absolute atomic E-state index is 12.6. The van der Waals surface area contributed by atoms with Gasteiger partial charge in [0, 0.05) is 57.8 Å². The largest absolute Gasteiger partial charge is 0.469 e. The minimum Gasteiger partial charge on any atom is -0.469 e. The zero-order valence-corrected chi connectivity index (χ0v) is 98.2. The average molecular weight is 2090 g/mol. The minimum atomic E-state index is -0.108. The Balaban J connectivity index is -0.00000213. The summed E-state index contributed by atoms with van der Waals surface area (Å²) in [4.78, 5) is 113. The van der Waals surface area contributed by atoms with Crippen LogP contribution in [0, 0.1) is 0 Å². The number of methoxy groups -OCH3 is 2. The lowest BCUT2D eigenvalue weighted by Crippen LogP contribution is -2.20. The van der Waals surface area contributed by atoms with Crippen molar-refractivity contribution in [3.63, 3.8) is 0 Å². The van der Waals surface area contributed by atoms with E-state index in [9.17, 15) is 43.2 Å². The van der Waals surface area contributed by atoms with Gasteiger partial charge in [-0.05, 0) is 339 Å². The fourth-order valence-electron chi connectivity index (χ4n) is 17.8. The van der Waals surface area contributed by atoms with Crippen molar-refractivity contribution in [3.05, 3.63) is 72.9 Å². The first-order valence-corrected chi connectivity index (χ1v) is 61.3. The normalized spacial score (nSPS) is 11.7. The predicted molar refractivity (Wildman–Crippen MR) is 619 cm³/mol. The van der Waals surface area contributed by atoms with E-state index < -0.39 is 0 Å². The number of unbranched alkanes of at least 4 members (excludes halogenated alkanes) is 54. The molecule has 0 radical (unpaired) electrons. The third-order valence-corrected chi connectivity index (χ3v) is 27.0. The van der Waals surface area contributed by atoms with Gasteiger partial charge in [0.1, 0.15) is 31.5 Å². The molecule has 0 saturated heterocycles. The highest BCUT2D eigenvalue weighted by atomic mass is 16.6. The van der Waals surface area contributed by atoms with Crippen LogP contribution in [-0.4, -0.2) is 189 Å². The Morgan fingerprint density at radius 3 is 0.547 bits per heavy atom. The highest BCUT2D eigenvalue weighted by Gasteiger charge is 2.20. The van der Waals surface area contributed by atoms with E-state index in [-0.39, 0.29) is 72.0 Å². The summed E-state index contributed by atoms with van der Waals surface area (Å²) >= 11 is 0. The number of hydrogen-bond acceptors (Lipinski definition) is 21. The molecule has 0 spiro atoms. The summed E-state index contributed by atoms with van der Waals surface area (Å²) in [5.74, 6) is -0.688. The molecular formula is C127H233N3O18. The monoisotopic (exact) mass is 2090 g/mol. The quantitative estimate of drug-likeness (QED) is 0.0238. The summed E-state index contributed by atoms with van der Waals surface area (Å²) < 4.78 is 47.8. The van der Waals surface area contributed by atoms with E-state index in [4.69, 9.17) is 33.2 Å². The highest BCUT2D eigenvalue weighted by molar-refractivity contribution is 5.72. The zero-order chi connectivity index (χ0) is 109. The van der Waals surface area contributed by atoms with Crippen LogP contribution in [0.1, 0.15) is 567 Å². The summed E-state index contributed by atoms with van der Waals surface area (Å²) in [6, 6.07) is 0. The van der Waals surface area contributed by atoms with Gasteiger partial charge in [0.25, 0.3) is 0 Å². The van der Waals surface area contributed by atoms with Crippen molar-refractivity contribution < 1.29 is 85.8 Å². The van der Waals surface area contributed by atoms with Crippen LogP contribution in [0.25, 0.3) is 0 Å². The van der Waals surface area contributed by atoms with Gasteiger partial charge in [-0.3, -0.25) is 43.2 Å². The Labute approximate surface area is 909 Å². The lowest BCUT2D eigenvalue weighted by Gasteiger charge is -2.18. The van der Waals surface area contributed by atoms with Gasteiger partial charge in [0.15, 0.2) is 0 Å². The Morgan fingerprint density at radius 1 is 0.182 bits per heavy atom. The van der Waals surface area contributed by atoms with Gasteiger partial charge >= 0.3 is 53.7 Å². The summed E-state index contributed by atoms with van der Waals surface area (Å²) in [6.07, 6.45) is 116. The second-order valence-corrected chi connectivity index (χ2v) is 42.2. The molecule has 0 aromatic carbocycles. The second kappa shape index (κ2) is 121. The van der Waals surface area contributed by atoms with E-state index in [1.165, 1.54) is 258 Å². The molecule has 0 unspecified atom stereocenters. The number of ether oxygens (including phenoxy) is 9. The fourth-order valence-corrected chi connectivity index (χ4v) is 17.8. The second-order valence-electron chi connectivity index (χ2n) is 42.2. The average Bonchev–Trinajstić information content (AvgIpc) is 0.964. The van der Waals surface area contributed by atoms with Crippen LogP contribution in [0.5, 0.6) is 0 Å². The summed E-state index contributed by atoms with van der Waals surface area (Å²) in [6.45, 7) is 12.6. The van der Waals surface area contributed by atoms with Crippen molar-refractivity contribution in [1.29, 1.82) is 0 Å². The number of nitrogens with zero attached hydrogens (tertiary/aromatic N) is 3. The molecule has 0 amide bonds. The number of carbonyl (C=O) groups excluding carboxylic acids is 9. The van der Waals surface area contributed by atoms with Crippen molar-refractivity contribution in [2.45, 2.75) is 585 Å². The molecule has 0 aliphatic rings. The fraction of sp³-hybridized carbons (Fsp3) is 0.835. The molecule has 864 valence electrons. The highest BCUT2D eigenvalue weighted by Crippen LogP contribution is 2.25. The Bertz CT molecular complexity index is 2970. The van der Waals surface area contributed by atoms with E-state index in [0.717, 1.165) is 257 Å². The van der Waals surface area contributed by atoms with E-state index in [0.29, 0.717) is 84.2 Å². The van der Waals surface area contributed by atoms with Gasteiger partial charge in [-0.1, -0.05) is 305 Å². The van der Waals surface area contributed by atoms with Crippen LogP contribution in [-0.2, 0) is 85.8 Å². The SMILES string of the molecule is CCCCCC/C=C\COC(=O)CCCCCCCC(CCCCCCCC(=O)OC/C=C\CCCCCC)OC(=O)CCCN(C)C.CCOC(=O)CCCC/C=C\CCCCCCCCC(CCCCCCCC/C=C\CCCCC(=O)OCC)OC(=O)CCCN(C)C.COC(=O)CCCCCCC/C=C\CCCCCCCCC(CCCCCCCC/C=C\CCCCCCCC(=O)OC)OC(=O)CCCN(C)C. The first-order valence-electron chi connectivity index (χ1n) is 61.3. The van der Waals surface area contributed by atoms with Crippen molar-refractivity contribution in [1.82, 2.24) is 14.7 Å². The molecule has 0 aliphatic heterocycles. The van der Waals surface area contributed by atoms with Crippen LogP contribution < -0.4 is 0 Å². The molecule has 0 rings (SSSR count). The van der Waals surface area contributed by atoms with Crippen molar-refractivity contribution in [2.75, 3.05) is 103 Å². The molecule has 0 aromatic rings. The Hall–Kier alpha value is -6.45. The third kappa shape index (κ3) is 123. The zero-order valence-electron chi connectivity index (χ0n) is 98.2. The third-order valence-electron chi connectivity index (χ3n) is 27.0. The minimum absolute atomic E-state index is 0.0146. The molecular weight excluding hydrogens is 1860 g/mol.